The van der Waals surface area contributed by atoms with Crippen molar-refractivity contribution in [1.82, 2.24) is 0 Å². The summed E-state index contributed by atoms with van der Waals surface area (Å²) in [6.07, 6.45) is 0.277. The van der Waals surface area contributed by atoms with Crippen LogP contribution >= 0.6 is 0 Å². The molecule has 0 spiro atoms. The van der Waals surface area contributed by atoms with Crippen molar-refractivity contribution >= 4 is 33.1 Å². The number of Topliss-reactive ketones (excluding diaryl/α,β-unsaturated/α-hetero) is 1. The summed E-state index contributed by atoms with van der Waals surface area (Å²) in [5.41, 5.74) is 1.99. The molecule has 0 aliphatic carbocycles. The third kappa shape index (κ3) is 2.59. The molecule has 27 heavy (non-hydrogen) atoms. The molecule has 2 aromatic carbocycles. The molecule has 0 atom stereocenters. The predicted octanol–water partition coefficient (Wildman–Crippen LogP) is 2.00. The minimum absolute atomic E-state index is 0.0461. The summed E-state index contributed by atoms with van der Waals surface area (Å²) in [7, 11) is -0.810. The number of ketones is 1. The van der Waals surface area contributed by atoms with Gasteiger partial charge in [-0.25, -0.2) is 8.42 Å². The number of hydrogen-bond donors (Lipinski definition) is 0. The standard InChI is InChI=1S/C19H18N2O5S/c1-20-15-7-6-13(10-12(15)11-18(20)23)27(24,25)21-9-8-16(22)14-4-3-5-17(26-2)19(14)21/h3-7,10H,8-9,11H2,1-2H3. The highest BCUT2D eigenvalue weighted by molar-refractivity contribution is 7.92. The van der Waals surface area contributed by atoms with Crippen LogP contribution in [0.25, 0.3) is 0 Å². The first-order valence-corrected chi connectivity index (χ1v) is 9.91. The summed E-state index contributed by atoms with van der Waals surface area (Å²) < 4.78 is 33.2. The highest BCUT2D eigenvalue weighted by Gasteiger charge is 2.36. The number of para-hydroxylation sites is 1. The molecule has 2 aliphatic heterocycles. The number of fused-ring (bicyclic) bond motifs is 2. The highest BCUT2D eigenvalue weighted by Crippen LogP contribution is 2.40. The second-order valence-electron chi connectivity index (χ2n) is 6.53. The summed E-state index contributed by atoms with van der Waals surface area (Å²) in [5, 5.41) is 0. The fourth-order valence-corrected chi connectivity index (χ4v) is 5.14. The van der Waals surface area contributed by atoms with Gasteiger partial charge in [0.15, 0.2) is 5.78 Å². The number of amides is 1. The van der Waals surface area contributed by atoms with Gasteiger partial charge in [0.05, 0.1) is 18.4 Å². The minimum atomic E-state index is -3.92. The Hall–Kier alpha value is -2.87. The fraction of sp³-hybridized carbons (Fsp3) is 0.263. The Morgan fingerprint density at radius 1 is 1.11 bits per heavy atom. The normalized spacial score (nSPS) is 16.4. The van der Waals surface area contributed by atoms with Crippen LogP contribution in [0.15, 0.2) is 41.3 Å². The Balaban J connectivity index is 1.83. The summed E-state index contributed by atoms with van der Waals surface area (Å²) in [4.78, 5) is 25.8. The molecule has 140 valence electrons. The van der Waals surface area contributed by atoms with Crippen molar-refractivity contribution in [3.05, 3.63) is 47.5 Å². The second kappa shape index (κ2) is 6.09. The van der Waals surface area contributed by atoms with E-state index < -0.39 is 10.0 Å². The number of sulfonamides is 1. The van der Waals surface area contributed by atoms with Crippen LogP contribution < -0.4 is 13.9 Å². The van der Waals surface area contributed by atoms with Gasteiger partial charge in [0.25, 0.3) is 10.0 Å². The summed E-state index contributed by atoms with van der Waals surface area (Å²) in [6, 6.07) is 9.59. The maximum absolute atomic E-state index is 13.3. The lowest BCUT2D eigenvalue weighted by Crippen LogP contribution is -2.37. The van der Waals surface area contributed by atoms with E-state index in [0.717, 1.165) is 0 Å². The smallest absolute Gasteiger partial charge is 0.264 e. The summed E-state index contributed by atoms with van der Waals surface area (Å²) in [6.45, 7) is 0.0461. The van der Waals surface area contributed by atoms with Crippen LogP contribution in [0.5, 0.6) is 5.75 Å². The molecule has 0 radical (unpaired) electrons. The Labute approximate surface area is 157 Å². The van der Waals surface area contributed by atoms with Crippen molar-refractivity contribution < 1.29 is 22.7 Å². The zero-order valence-corrected chi connectivity index (χ0v) is 15.7. The molecular weight excluding hydrogens is 368 g/mol. The zero-order valence-electron chi connectivity index (χ0n) is 14.9. The number of likely N-dealkylation sites (N-methyl/N-ethyl adjacent to an activating group) is 1. The Kier molecular flexibility index (Phi) is 3.96. The first-order valence-electron chi connectivity index (χ1n) is 8.47. The Morgan fingerprint density at radius 3 is 2.63 bits per heavy atom. The van der Waals surface area contributed by atoms with Gasteiger partial charge in [0, 0.05) is 31.3 Å². The van der Waals surface area contributed by atoms with E-state index in [2.05, 4.69) is 0 Å². The van der Waals surface area contributed by atoms with Crippen molar-refractivity contribution in [3.63, 3.8) is 0 Å². The summed E-state index contributed by atoms with van der Waals surface area (Å²) in [5.74, 6) is 0.145. The number of rotatable bonds is 3. The number of benzene rings is 2. The molecule has 0 fully saturated rings. The molecule has 0 unspecified atom stereocenters. The molecule has 7 nitrogen and oxygen atoms in total. The van der Waals surface area contributed by atoms with E-state index in [1.165, 1.54) is 28.4 Å². The first kappa shape index (κ1) is 17.5. The van der Waals surface area contributed by atoms with Gasteiger partial charge in [-0.3, -0.25) is 13.9 Å². The van der Waals surface area contributed by atoms with Gasteiger partial charge < -0.3 is 9.64 Å². The number of carbonyl (C=O) groups is 2. The quantitative estimate of drug-likeness (QED) is 0.806. The largest absolute Gasteiger partial charge is 0.495 e. The predicted molar refractivity (Wildman–Crippen MR) is 100 cm³/mol. The van der Waals surface area contributed by atoms with Crippen molar-refractivity contribution in [1.29, 1.82) is 0 Å². The molecular formula is C19H18N2O5S. The van der Waals surface area contributed by atoms with E-state index in [0.29, 0.717) is 22.6 Å². The Morgan fingerprint density at radius 2 is 1.89 bits per heavy atom. The molecule has 0 saturated carbocycles. The topological polar surface area (TPSA) is 84.0 Å². The lowest BCUT2D eigenvalue weighted by Gasteiger charge is -2.31. The lowest BCUT2D eigenvalue weighted by molar-refractivity contribution is -0.117. The van der Waals surface area contributed by atoms with Crippen LogP contribution in [0.3, 0.4) is 0 Å². The van der Waals surface area contributed by atoms with Crippen LogP contribution in [0, 0.1) is 0 Å². The van der Waals surface area contributed by atoms with Gasteiger partial charge in [-0.05, 0) is 35.9 Å². The zero-order chi connectivity index (χ0) is 19.3. The monoisotopic (exact) mass is 386 g/mol. The molecule has 4 rings (SSSR count). The molecule has 0 bridgehead atoms. The number of carbonyl (C=O) groups excluding carboxylic acids is 2. The van der Waals surface area contributed by atoms with E-state index in [-0.39, 0.29) is 41.7 Å². The van der Waals surface area contributed by atoms with Gasteiger partial charge in [0.1, 0.15) is 11.4 Å². The van der Waals surface area contributed by atoms with Crippen molar-refractivity contribution in [2.75, 3.05) is 29.9 Å². The van der Waals surface area contributed by atoms with Gasteiger partial charge in [-0.2, -0.15) is 0 Å². The maximum atomic E-state index is 13.3. The molecule has 0 N–H and O–H groups in total. The number of methoxy groups -OCH3 is 1. The molecule has 2 aliphatic rings. The number of anilines is 2. The minimum Gasteiger partial charge on any atom is -0.495 e. The molecule has 2 heterocycles. The molecule has 1 amide bonds. The van der Waals surface area contributed by atoms with E-state index in [4.69, 9.17) is 4.74 Å². The van der Waals surface area contributed by atoms with E-state index in [1.807, 2.05) is 0 Å². The molecule has 0 aromatic heterocycles. The van der Waals surface area contributed by atoms with Crippen LogP contribution in [0.2, 0.25) is 0 Å². The van der Waals surface area contributed by atoms with Crippen LogP contribution in [-0.4, -0.2) is 40.8 Å². The van der Waals surface area contributed by atoms with E-state index >= 15 is 0 Å². The van der Waals surface area contributed by atoms with Crippen LogP contribution in [-0.2, 0) is 21.2 Å². The third-order valence-corrected chi connectivity index (χ3v) is 6.82. The van der Waals surface area contributed by atoms with E-state index in [9.17, 15) is 18.0 Å². The fourth-order valence-electron chi connectivity index (χ4n) is 3.59. The van der Waals surface area contributed by atoms with Gasteiger partial charge in [-0.15, -0.1) is 0 Å². The maximum Gasteiger partial charge on any atom is 0.264 e. The lowest BCUT2D eigenvalue weighted by atomic mass is 10.0. The van der Waals surface area contributed by atoms with Gasteiger partial charge in [0.2, 0.25) is 5.91 Å². The molecule has 2 aromatic rings. The summed E-state index contributed by atoms with van der Waals surface area (Å²) >= 11 is 0. The number of hydrogen-bond acceptors (Lipinski definition) is 5. The first-order chi connectivity index (χ1) is 12.8. The molecule has 0 saturated heterocycles. The van der Waals surface area contributed by atoms with Crippen LogP contribution in [0.1, 0.15) is 22.3 Å². The Bertz CT molecular complexity index is 1080. The highest BCUT2D eigenvalue weighted by atomic mass is 32.2. The second-order valence-corrected chi connectivity index (χ2v) is 8.39. The van der Waals surface area contributed by atoms with Crippen molar-refractivity contribution in [3.8, 4) is 5.75 Å². The third-order valence-electron chi connectivity index (χ3n) is 5.03. The van der Waals surface area contributed by atoms with Crippen molar-refractivity contribution in [2.24, 2.45) is 0 Å². The number of ether oxygens (including phenoxy) is 1. The van der Waals surface area contributed by atoms with Gasteiger partial charge >= 0.3 is 0 Å². The van der Waals surface area contributed by atoms with Gasteiger partial charge in [-0.1, -0.05) is 6.07 Å². The average Bonchev–Trinajstić information content (AvgIpc) is 2.95. The van der Waals surface area contributed by atoms with E-state index in [1.54, 1.807) is 31.3 Å². The van der Waals surface area contributed by atoms with Crippen LogP contribution in [0.4, 0.5) is 11.4 Å². The number of nitrogens with zero attached hydrogens (tertiary/aromatic N) is 2. The van der Waals surface area contributed by atoms with Crippen molar-refractivity contribution in [2.45, 2.75) is 17.7 Å². The average molecular weight is 386 g/mol. The molecule has 8 heteroatoms. The SMILES string of the molecule is COc1cccc2c1N(S(=O)(=O)c1ccc3c(c1)CC(=O)N3C)CCC2=O.